The van der Waals surface area contributed by atoms with Crippen LogP contribution < -0.4 is 0 Å². The van der Waals surface area contributed by atoms with Gasteiger partial charge in [-0.15, -0.1) is 0 Å². The van der Waals surface area contributed by atoms with Crippen LogP contribution in [0.3, 0.4) is 0 Å². The standard InChI is InChI=1S/C7H12N2/c1-4-7(2)5-9(3)6-8/h4H,5H2,1-3H3/b7-4+. The van der Waals surface area contributed by atoms with Crippen molar-refractivity contribution in [3.05, 3.63) is 11.6 Å². The van der Waals surface area contributed by atoms with Crippen LogP contribution in [0.4, 0.5) is 0 Å². The average molecular weight is 124 g/mol. The van der Waals surface area contributed by atoms with Crippen molar-refractivity contribution in [2.75, 3.05) is 13.6 Å². The fraction of sp³-hybridized carbons (Fsp3) is 0.571. The lowest BCUT2D eigenvalue weighted by atomic mass is 10.3. The highest BCUT2D eigenvalue weighted by Gasteiger charge is 1.91. The van der Waals surface area contributed by atoms with Gasteiger partial charge in [0.05, 0.1) is 0 Å². The summed E-state index contributed by atoms with van der Waals surface area (Å²) < 4.78 is 0. The zero-order valence-corrected chi connectivity index (χ0v) is 6.18. The van der Waals surface area contributed by atoms with Gasteiger partial charge in [0, 0.05) is 13.6 Å². The van der Waals surface area contributed by atoms with Crippen LogP contribution >= 0.6 is 0 Å². The second kappa shape index (κ2) is 3.96. The Kier molecular flexibility index (Phi) is 3.54. The van der Waals surface area contributed by atoms with E-state index in [1.165, 1.54) is 5.57 Å². The molecule has 0 aromatic rings. The highest BCUT2D eigenvalue weighted by Crippen LogP contribution is 1.92. The molecule has 0 unspecified atom stereocenters. The quantitative estimate of drug-likeness (QED) is 0.316. The molecule has 50 valence electrons. The van der Waals surface area contributed by atoms with Crippen molar-refractivity contribution in [3.63, 3.8) is 0 Å². The topological polar surface area (TPSA) is 27.0 Å². The molecule has 0 saturated carbocycles. The van der Waals surface area contributed by atoms with Crippen molar-refractivity contribution in [2.45, 2.75) is 13.8 Å². The third-order valence-corrected chi connectivity index (χ3v) is 1.15. The lowest BCUT2D eigenvalue weighted by Gasteiger charge is -2.06. The number of nitriles is 1. The summed E-state index contributed by atoms with van der Waals surface area (Å²) in [5.41, 5.74) is 1.22. The third kappa shape index (κ3) is 3.60. The molecule has 0 saturated heterocycles. The first kappa shape index (κ1) is 8.03. The number of allylic oxidation sites excluding steroid dienone is 1. The maximum Gasteiger partial charge on any atom is 0.179 e. The molecule has 0 fully saturated rings. The van der Waals surface area contributed by atoms with Gasteiger partial charge in [0.2, 0.25) is 0 Å². The molecular formula is C7H12N2. The molecule has 0 amide bonds. The molecule has 0 heterocycles. The van der Waals surface area contributed by atoms with Crippen molar-refractivity contribution >= 4 is 0 Å². The van der Waals surface area contributed by atoms with Gasteiger partial charge in [-0.25, -0.2) is 0 Å². The maximum atomic E-state index is 8.33. The first-order chi connectivity index (χ1) is 4.20. The van der Waals surface area contributed by atoms with Crippen LogP contribution in [0.25, 0.3) is 0 Å². The number of nitrogens with zero attached hydrogens (tertiary/aromatic N) is 2. The number of hydrogen-bond donors (Lipinski definition) is 0. The number of hydrogen-bond acceptors (Lipinski definition) is 2. The minimum absolute atomic E-state index is 0.743. The second-order valence-electron chi connectivity index (χ2n) is 2.09. The summed E-state index contributed by atoms with van der Waals surface area (Å²) in [5, 5.41) is 8.33. The zero-order chi connectivity index (χ0) is 7.28. The average Bonchev–Trinajstić information content (AvgIpc) is 1.87. The Morgan fingerprint density at radius 1 is 1.78 bits per heavy atom. The molecule has 0 aliphatic heterocycles. The van der Waals surface area contributed by atoms with Crippen LogP contribution in [-0.2, 0) is 0 Å². The summed E-state index contributed by atoms with van der Waals surface area (Å²) in [5.74, 6) is 0. The van der Waals surface area contributed by atoms with Crippen molar-refractivity contribution in [3.8, 4) is 6.19 Å². The van der Waals surface area contributed by atoms with Gasteiger partial charge in [-0.2, -0.15) is 5.26 Å². The predicted octanol–water partition coefficient (Wildman–Crippen LogP) is 1.37. The smallest absolute Gasteiger partial charge is 0.179 e. The summed E-state index contributed by atoms with van der Waals surface area (Å²) in [6, 6.07) is 0. The third-order valence-electron chi connectivity index (χ3n) is 1.15. The van der Waals surface area contributed by atoms with E-state index in [9.17, 15) is 0 Å². The first-order valence-corrected chi connectivity index (χ1v) is 2.93. The number of likely N-dealkylation sites (N-methyl/N-ethyl adjacent to an activating group) is 1. The summed E-state index contributed by atoms with van der Waals surface area (Å²) in [7, 11) is 1.77. The van der Waals surface area contributed by atoms with E-state index < -0.39 is 0 Å². The largest absolute Gasteiger partial charge is 0.310 e. The van der Waals surface area contributed by atoms with E-state index in [0.29, 0.717) is 0 Å². The summed E-state index contributed by atoms with van der Waals surface area (Å²) in [6.07, 6.45) is 4.03. The molecule has 0 aliphatic rings. The molecule has 0 bridgehead atoms. The van der Waals surface area contributed by atoms with Gasteiger partial charge < -0.3 is 4.90 Å². The Bertz CT molecular complexity index is 141. The van der Waals surface area contributed by atoms with Gasteiger partial charge in [-0.1, -0.05) is 11.6 Å². The maximum absolute atomic E-state index is 8.33. The number of rotatable bonds is 2. The van der Waals surface area contributed by atoms with Crippen molar-refractivity contribution in [1.82, 2.24) is 4.90 Å². The van der Waals surface area contributed by atoms with Gasteiger partial charge in [0.1, 0.15) is 0 Å². The first-order valence-electron chi connectivity index (χ1n) is 2.93. The Morgan fingerprint density at radius 2 is 2.33 bits per heavy atom. The summed E-state index contributed by atoms with van der Waals surface area (Å²) in [4.78, 5) is 1.59. The summed E-state index contributed by atoms with van der Waals surface area (Å²) in [6.45, 7) is 4.72. The molecule has 0 aromatic carbocycles. The van der Waals surface area contributed by atoms with Crippen molar-refractivity contribution < 1.29 is 0 Å². The SMILES string of the molecule is C/C=C(\C)CN(C)C#N. The van der Waals surface area contributed by atoms with E-state index in [-0.39, 0.29) is 0 Å². The van der Waals surface area contributed by atoms with Crippen LogP contribution in [0.5, 0.6) is 0 Å². The molecular weight excluding hydrogens is 112 g/mol. The lowest BCUT2D eigenvalue weighted by Crippen LogP contribution is -2.12. The van der Waals surface area contributed by atoms with Gasteiger partial charge in [0.25, 0.3) is 0 Å². The van der Waals surface area contributed by atoms with Gasteiger partial charge >= 0.3 is 0 Å². The zero-order valence-electron chi connectivity index (χ0n) is 6.18. The van der Waals surface area contributed by atoms with E-state index >= 15 is 0 Å². The highest BCUT2D eigenvalue weighted by atomic mass is 15.1. The predicted molar refractivity (Wildman–Crippen MR) is 37.7 cm³/mol. The molecule has 2 nitrogen and oxygen atoms in total. The summed E-state index contributed by atoms with van der Waals surface area (Å²) >= 11 is 0. The Hall–Kier alpha value is -0.970. The van der Waals surface area contributed by atoms with E-state index in [4.69, 9.17) is 5.26 Å². The molecule has 2 heteroatoms. The normalized spacial score (nSPS) is 10.7. The van der Waals surface area contributed by atoms with E-state index in [0.717, 1.165) is 6.54 Å². The van der Waals surface area contributed by atoms with E-state index in [1.54, 1.807) is 11.9 Å². The van der Waals surface area contributed by atoms with Crippen LogP contribution in [0.2, 0.25) is 0 Å². The fourth-order valence-electron chi connectivity index (χ4n) is 0.501. The molecule has 0 aliphatic carbocycles. The highest BCUT2D eigenvalue weighted by molar-refractivity contribution is 4.99. The molecule has 9 heavy (non-hydrogen) atoms. The molecule has 0 aromatic heterocycles. The Labute approximate surface area is 56.4 Å². The van der Waals surface area contributed by atoms with Crippen LogP contribution in [-0.4, -0.2) is 18.5 Å². The molecule has 0 N–H and O–H groups in total. The van der Waals surface area contributed by atoms with Crippen molar-refractivity contribution in [2.24, 2.45) is 0 Å². The Balaban J connectivity index is 3.63. The second-order valence-corrected chi connectivity index (χ2v) is 2.09. The molecule has 0 radical (unpaired) electrons. The van der Waals surface area contributed by atoms with Crippen LogP contribution in [0, 0.1) is 11.5 Å². The Morgan fingerprint density at radius 3 is 2.67 bits per heavy atom. The molecule has 0 spiro atoms. The van der Waals surface area contributed by atoms with Crippen LogP contribution in [0.1, 0.15) is 13.8 Å². The molecule has 0 atom stereocenters. The minimum atomic E-state index is 0.743. The van der Waals surface area contributed by atoms with Crippen LogP contribution in [0.15, 0.2) is 11.6 Å². The van der Waals surface area contributed by atoms with Crippen molar-refractivity contribution in [1.29, 1.82) is 5.26 Å². The monoisotopic (exact) mass is 124 g/mol. The van der Waals surface area contributed by atoms with Gasteiger partial charge in [0.15, 0.2) is 6.19 Å². The fourth-order valence-corrected chi connectivity index (χ4v) is 0.501. The minimum Gasteiger partial charge on any atom is -0.310 e. The molecule has 0 rings (SSSR count). The van der Waals surface area contributed by atoms with E-state index in [2.05, 4.69) is 0 Å². The van der Waals surface area contributed by atoms with Gasteiger partial charge in [-0.05, 0) is 13.8 Å². The van der Waals surface area contributed by atoms with Gasteiger partial charge in [-0.3, -0.25) is 0 Å². The van der Waals surface area contributed by atoms with E-state index in [1.807, 2.05) is 26.1 Å². The lowest BCUT2D eigenvalue weighted by molar-refractivity contribution is 0.516.